The average molecular weight is 331 g/mol. The summed E-state index contributed by atoms with van der Waals surface area (Å²) < 4.78 is 0. The molecule has 2 rings (SSSR count). The Morgan fingerprint density at radius 2 is 2.00 bits per heavy atom. The number of carbonyl (C=O) groups excluding carboxylic acids is 1. The first-order chi connectivity index (χ1) is 9.99. The first kappa shape index (κ1) is 16.0. The van der Waals surface area contributed by atoms with Crippen LogP contribution in [-0.2, 0) is 0 Å². The molecule has 21 heavy (non-hydrogen) atoms. The van der Waals surface area contributed by atoms with Gasteiger partial charge in [0.15, 0.2) is 0 Å². The van der Waals surface area contributed by atoms with Crippen LogP contribution < -0.4 is 5.32 Å². The van der Waals surface area contributed by atoms with Crippen molar-refractivity contribution in [3.63, 3.8) is 0 Å². The van der Waals surface area contributed by atoms with Crippen LogP contribution in [0.1, 0.15) is 36.0 Å². The Bertz CT molecular complexity index is 543. The largest absolute Gasteiger partial charge is 0.351 e. The van der Waals surface area contributed by atoms with Gasteiger partial charge in [-0.05, 0) is 37.7 Å². The number of nitrogens with zero attached hydrogens (tertiary/aromatic N) is 1. The van der Waals surface area contributed by atoms with Crippen molar-refractivity contribution in [1.29, 1.82) is 0 Å². The molecule has 1 amide bonds. The van der Waals surface area contributed by atoms with Gasteiger partial charge in [-0.15, -0.1) is 11.6 Å². The van der Waals surface area contributed by atoms with Crippen LogP contribution in [0, 0.1) is 16.0 Å². The molecule has 1 aromatic carbocycles. The number of nitro benzene ring substituents is 1. The van der Waals surface area contributed by atoms with Crippen LogP contribution in [0.5, 0.6) is 0 Å². The molecule has 1 saturated carbocycles. The molecule has 0 spiro atoms. The van der Waals surface area contributed by atoms with E-state index in [4.69, 9.17) is 23.2 Å². The van der Waals surface area contributed by atoms with Crippen molar-refractivity contribution >= 4 is 34.8 Å². The molecule has 0 atom stereocenters. The van der Waals surface area contributed by atoms with Crippen LogP contribution in [0.3, 0.4) is 0 Å². The molecule has 1 aliphatic carbocycles. The molecule has 7 heteroatoms. The van der Waals surface area contributed by atoms with Crippen molar-refractivity contribution in [3.8, 4) is 0 Å². The number of carbonyl (C=O) groups is 1. The molecule has 0 aliphatic heterocycles. The van der Waals surface area contributed by atoms with Crippen LogP contribution in [0.4, 0.5) is 5.69 Å². The van der Waals surface area contributed by atoms with Gasteiger partial charge in [-0.2, -0.15) is 0 Å². The molecule has 0 bridgehead atoms. The standard InChI is InChI=1S/C14H16Cl2N2O3/c15-10-6-4-9(5-7-10)8-17-14(19)13-11(16)2-1-3-12(13)18(20)21/h1-3,9-10H,4-8H2,(H,17,19). The van der Waals surface area contributed by atoms with Gasteiger partial charge in [-0.3, -0.25) is 14.9 Å². The Hall–Kier alpha value is -1.33. The molecule has 0 radical (unpaired) electrons. The van der Waals surface area contributed by atoms with Gasteiger partial charge in [0, 0.05) is 18.0 Å². The van der Waals surface area contributed by atoms with E-state index < -0.39 is 10.8 Å². The fourth-order valence-corrected chi connectivity index (χ4v) is 3.05. The molecule has 0 unspecified atom stereocenters. The normalized spacial score (nSPS) is 21.8. The molecule has 1 N–H and O–H groups in total. The second kappa shape index (κ2) is 7.09. The van der Waals surface area contributed by atoms with Crippen molar-refractivity contribution in [2.75, 3.05) is 6.54 Å². The zero-order valence-corrected chi connectivity index (χ0v) is 12.9. The highest BCUT2D eigenvalue weighted by Crippen LogP contribution is 2.28. The zero-order chi connectivity index (χ0) is 15.4. The van der Waals surface area contributed by atoms with Crippen LogP contribution in [-0.4, -0.2) is 22.8 Å². The zero-order valence-electron chi connectivity index (χ0n) is 11.4. The fraction of sp³-hybridized carbons (Fsp3) is 0.500. The van der Waals surface area contributed by atoms with E-state index >= 15 is 0 Å². The lowest BCUT2D eigenvalue weighted by Crippen LogP contribution is -2.32. The maximum atomic E-state index is 12.2. The molecule has 114 valence electrons. The molecular weight excluding hydrogens is 315 g/mol. The lowest BCUT2D eigenvalue weighted by atomic mass is 9.89. The van der Waals surface area contributed by atoms with Crippen molar-refractivity contribution in [1.82, 2.24) is 5.32 Å². The Kier molecular flexibility index (Phi) is 5.42. The summed E-state index contributed by atoms with van der Waals surface area (Å²) >= 11 is 12.0. The maximum absolute atomic E-state index is 12.2. The smallest absolute Gasteiger partial charge is 0.283 e. The summed E-state index contributed by atoms with van der Waals surface area (Å²) in [5.74, 6) is -0.134. The lowest BCUT2D eigenvalue weighted by Gasteiger charge is -2.25. The van der Waals surface area contributed by atoms with E-state index in [0.717, 1.165) is 25.7 Å². The maximum Gasteiger partial charge on any atom is 0.283 e. The van der Waals surface area contributed by atoms with Gasteiger partial charge >= 0.3 is 0 Å². The summed E-state index contributed by atoms with van der Waals surface area (Å²) in [6, 6.07) is 4.21. The summed E-state index contributed by atoms with van der Waals surface area (Å²) in [7, 11) is 0. The molecule has 1 aliphatic rings. The Labute approximate surface area is 132 Å². The van der Waals surface area contributed by atoms with Gasteiger partial charge in [-0.1, -0.05) is 17.7 Å². The van der Waals surface area contributed by atoms with Gasteiger partial charge in [0.25, 0.3) is 11.6 Å². The van der Waals surface area contributed by atoms with Gasteiger partial charge in [0.2, 0.25) is 0 Å². The predicted octanol–water partition coefficient (Wildman–Crippen LogP) is 3.78. The predicted molar refractivity (Wildman–Crippen MR) is 82.0 cm³/mol. The summed E-state index contributed by atoms with van der Waals surface area (Å²) in [5, 5.41) is 14.0. The Morgan fingerprint density at radius 3 is 2.62 bits per heavy atom. The highest BCUT2D eigenvalue weighted by Gasteiger charge is 2.25. The van der Waals surface area contributed by atoms with Crippen molar-refractivity contribution < 1.29 is 9.72 Å². The molecule has 1 fully saturated rings. The number of amides is 1. The van der Waals surface area contributed by atoms with E-state index in [9.17, 15) is 14.9 Å². The molecule has 0 heterocycles. The number of alkyl halides is 1. The third-order valence-corrected chi connectivity index (χ3v) is 4.49. The minimum absolute atomic E-state index is 0.0739. The topological polar surface area (TPSA) is 72.2 Å². The molecule has 1 aromatic rings. The van der Waals surface area contributed by atoms with E-state index in [1.807, 2.05) is 0 Å². The van der Waals surface area contributed by atoms with E-state index in [0.29, 0.717) is 12.5 Å². The number of rotatable bonds is 4. The third-order valence-electron chi connectivity index (χ3n) is 3.74. The van der Waals surface area contributed by atoms with E-state index in [1.165, 1.54) is 18.2 Å². The number of benzene rings is 1. The summed E-state index contributed by atoms with van der Waals surface area (Å²) in [6.07, 6.45) is 3.79. The monoisotopic (exact) mass is 330 g/mol. The second-order valence-corrected chi connectivity index (χ2v) is 6.24. The molecule has 0 aromatic heterocycles. The molecule has 5 nitrogen and oxygen atoms in total. The SMILES string of the molecule is O=C(NCC1CCC(Cl)CC1)c1c(Cl)cccc1[N+](=O)[O-]. The second-order valence-electron chi connectivity index (χ2n) is 5.22. The highest BCUT2D eigenvalue weighted by atomic mass is 35.5. The van der Waals surface area contributed by atoms with Crippen LogP contribution >= 0.6 is 23.2 Å². The Morgan fingerprint density at radius 1 is 1.33 bits per heavy atom. The minimum Gasteiger partial charge on any atom is -0.351 e. The Balaban J connectivity index is 2.02. The molecule has 0 saturated heterocycles. The summed E-state index contributed by atoms with van der Waals surface area (Å²) in [6.45, 7) is 0.491. The van der Waals surface area contributed by atoms with Crippen molar-refractivity contribution in [2.45, 2.75) is 31.1 Å². The number of hydrogen-bond acceptors (Lipinski definition) is 3. The van der Waals surface area contributed by atoms with Crippen LogP contribution in [0.2, 0.25) is 5.02 Å². The number of hydrogen-bond donors (Lipinski definition) is 1. The number of nitrogens with one attached hydrogen (secondary N) is 1. The van der Waals surface area contributed by atoms with Gasteiger partial charge in [0.1, 0.15) is 5.56 Å². The van der Waals surface area contributed by atoms with E-state index in [1.54, 1.807) is 0 Å². The number of halogens is 2. The first-order valence-electron chi connectivity index (χ1n) is 6.84. The van der Waals surface area contributed by atoms with Crippen LogP contribution in [0.15, 0.2) is 18.2 Å². The first-order valence-corrected chi connectivity index (χ1v) is 7.65. The quantitative estimate of drug-likeness (QED) is 0.518. The van der Waals surface area contributed by atoms with Gasteiger partial charge in [-0.25, -0.2) is 0 Å². The minimum atomic E-state index is -0.598. The summed E-state index contributed by atoms with van der Waals surface area (Å²) in [5.41, 5.74) is -0.348. The van der Waals surface area contributed by atoms with Crippen LogP contribution in [0.25, 0.3) is 0 Å². The van der Waals surface area contributed by atoms with E-state index in [-0.39, 0.29) is 21.7 Å². The fourth-order valence-electron chi connectivity index (χ4n) is 2.54. The summed E-state index contributed by atoms with van der Waals surface area (Å²) in [4.78, 5) is 22.5. The third kappa shape index (κ3) is 4.08. The highest BCUT2D eigenvalue weighted by molar-refractivity contribution is 6.34. The van der Waals surface area contributed by atoms with Gasteiger partial charge < -0.3 is 5.32 Å². The molecular formula is C14H16Cl2N2O3. The van der Waals surface area contributed by atoms with Crippen molar-refractivity contribution in [3.05, 3.63) is 38.9 Å². The van der Waals surface area contributed by atoms with Crippen molar-refractivity contribution in [2.24, 2.45) is 5.92 Å². The van der Waals surface area contributed by atoms with Gasteiger partial charge in [0.05, 0.1) is 9.95 Å². The number of nitro groups is 1. The average Bonchev–Trinajstić information content (AvgIpc) is 2.46. The lowest BCUT2D eigenvalue weighted by molar-refractivity contribution is -0.385. The van der Waals surface area contributed by atoms with E-state index in [2.05, 4.69) is 5.32 Å².